The summed E-state index contributed by atoms with van der Waals surface area (Å²) in [6.07, 6.45) is 1.97. The molecule has 3 rings (SSSR count). The third kappa shape index (κ3) is 6.52. The average molecular weight is 541 g/mol. The van der Waals surface area contributed by atoms with Gasteiger partial charge in [-0.15, -0.1) is 11.8 Å². The van der Waals surface area contributed by atoms with Gasteiger partial charge in [0.15, 0.2) is 0 Å². The lowest BCUT2D eigenvalue weighted by molar-refractivity contribution is -0.122. The maximum absolute atomic E-state index is 14.5. The molecule has 1 amide bonds. The zero-order valence-electron chi connectivity index (χ0n) is 18.5. The van der Waals surface area contributed by atoms with E-state index in [1.807, 2.05) is 30.5 Å². The Morgan fingerprint density at radius 1 is 1.06 bits per heavy atom. The highest BCUT2D eigenvalue weighted by molar-refractivity contribution is 7.98. The van der Waals surface area contributed by atoms with Crippen molar-refractivity contribution in [1.29, 1.82) is 0 Å². The van der Waals surface area contributed by atoms with Gasteiger partial charge < -0.3 is 5.32 Å². The average Bonchev–Trinajstić information content (AvgIpc) is 2.81. The summed E-state index contributed by atoms with van der Waals surface area (Å²) in [4.78, 5) is 13.9. The van der Waals surface area contributed by atoms with Crippen LogP contribution in [0.3, 0.4) is 0 Å². The highest BCUT2D eigenvalue weighted by Gasteiger charge is 2.29. The molecule has 5 nitrogen and oxygen atoms in total. The Balaban J connectivity index is 1.86. The molecule has 3 aromatic rings. The third-order valence-electron chi connectivity index (χ3n) is 5.16. The first-order chi connectivity index (χ1) is 16.1. The second-order valence-electron chi connectivity index (χ2n) is 7.49. The number of benzene rings is 3. The number of thioether (sulfide) groups is 1. The van der Waals surface area contributed by atoms with Crippen LogP contribution in [0.25, 0.3) is 0 Å². The number of rotatable bonds is 9. The molecular weight excluding hydrogens is 518 g/mol. The predicted molar refractivity (Wildman–Crippen MR) is 135 cm³/mol. The zero-order valence-corrected chi connectivity index (χ0v) is 21.6. The van der Waals surface area contributed by atoms with Crippen LogP contribution in [0.15, 0.2) is 76.5 Å². The Hall–Kier alpha value is -2.10. The standard InChI is InChI=1S/C24H23Cl2FN2O3S2/c1-16(17-6-10-19(33-2)11-7-17)28-24(30)15-29(14-21-22(26)4-3-5-23(21)27)34(31,32)20-12-8-18(25)9-13-20/h3-13,16H,14-15H2,1-2H3,(H,28,30)/t16-/m0/s1. The Kier molecular flexibility index (Phi) is 9.01. The van der Waals surface area contributed by atoms with Crippen LogP contribution in [0, 0.1) is 5.82 Å². The van der Waals surface area contributed by atoms with Crippen LogP contribution in [0.5, 0.6) is 0 Å². The summed E-state index contributed by atoms with van der Waals surface area (Å²) in [7, 11) is -4.17. The van der Waals surface area contributed by atoms with Gasteiger partial charge in [-0.2, -0.15) is 4.31 Å². The quantitative estimate of drug-likeness (QED) is 0.342. The minimum atomic E-state index is -4.17. The van der Waals surface area contributed by atoms with E-state index in [1.165, 1.54) is 42.5 Å². The van der Waals surface area contributed by atoms with Crippen LogP contribution >= 0.6 is 35.0 Å². The minimum absolute atomic E-state index is 0.0183. The van der Waals surface area contributed by atoms with Crippen molar-refractivity contribution in [2.24, 2.45) is 0 Å². The lowest BCUT2D eigenvalue weighted by atomic mass is 10.1. The van der Waals surface area contributed by atoms with E-state index in [-0.39, 0.29) is 21.5 Å². The molecule has 3 aromatic carbocycles. The fraction of sp³-hybridized carbons (Fsp3) is 0.208. The van der Waals surface area contributed by atoms with Crippen LogP contribution in [0.2, 0.25) is 10.0 Å². The number of carbonyl (C=O) groups excluding carboxylic acids is 1. The van der Waals surface area contributed by atoms with Crippen LogP contribution in [-0.2, 0) is 21.4 Å². The Labute approximate surface area is 213 Å². The first-order valence-corrected chi connectivity index (χ1v) is 13.7. The van der Waals surface area contributed by atoms with Gasteiger partial charge >= 0.3 is 0 Å². The van der Waals surface area contributed by atoms with E-state index >= 15 is 0 Å². The molecule has 0 aromatic heterocycles. The summed E-state index contributed by atoms with van der Waals surface area (Å²) < 4.78 is 42.1. The van der Waals surface area contributed by atoms with Crippen molar-refractivity contribution in [3.8, 4) is 0 Å². The monoisotopic (exact) mass is 540 g/mol. The number of carbonyl (C=O) groups is 1. The molecule has 0 aliphatic heterocycles. The maximum Gasteiger partial charge on any atom is 0.243 e. The number of hydrogen-bond acceptors (Lipinski definition) is 4. The molecule has 0 fully saturated rings. The molecule has 0 aliphatic carbocycles. The van der Waals surface area contributed by atoms with E-state index < -0.39 is 34.8 Å². The van der Waals surface area contributed by atoms with Gasteiger partial charge in [0, 0.05) is 27.0 Å². The van der Waals surface area contributed by atoms with Gasteiger partial charge in [-0.1, -0.05) is 41.4 Å². The molecule has 180 valence electrons. The van der Waals surface area contributed by atoms with E-state index in [0.29, 0.717) is 5.02 Å². The van der Waals surface area contributed by atoms with Crippen molar-refractivity contribution >= 4 is 50.9 Å². The molecule has 0 heterocycles. The number of hydrogen-bond donors (Lipinski definition) is 1. The summed E-state index contributed by atoms with van der Waals surface area (Å²) in [5, 5.41) is 3.24. The summed E-state index contributed by atoms with van der Waals surface area (Å²) in [5.74, 6) is -1.20. The molecule has 1 N–H and O–H groups in total. The van der Waals surface area contributed by atoms with Gasteiger partial charge in [0.25, 0.3) is 0 Å². The Bertz CT molecular complexity index is 1230. The third-order valence-corrected chi connectivity index (χ3v) is 8.32. The molecule has 0 unspecified atom stereocenters. The molecule has 0 saturated carbocycles. The van der Waals surface area contributed by atoms with Crippen LogP contribution in [-0.4, -0.2) is 31.4 Å². The largest absolute Gasteiger partial charge is 0.348 e. The van der Waals surface area contributed by atoms with E-state index in [9.17, 15) is 17.6 Å². The van der Waals surface area contributed by atoms with Crippen molar-refractivity contribution in [2.75, 3.05) is 12.8 Å². The summed E-state index contributed by atoms with van der Waals surface area (Å²) in [6.45, 7) is 0.862. The minimum Gasteiger partial charge on any atom is -0.348 e. The van der Waals surface area contributed by atoms with Gasteiger partial charge in [0.1, 0.15) is 5.82 Å². The molecule has 10 heteroatoms. The predicted octanol–water partition coefficient (Wildman–Crippen LogP) is 5.92. The molecule has 0 spiro atoms. The van der Waals surface area contributed by atoms with Crippen LogP contribution in [0.4, 0.5) is 4.39 Å². The van der Waals surface area contributed by atoms with E-state index in [4.69, 9.17) is 23.2 Å². The summed E-state index contributed by atoms with van der Waals surface area (Å²) in [5.41, 5.74) is 0.852. The molecule has 34 heavy (non-hydrogen) atoms. The lowest BCUT2D eigenvalue weighted by Gasteiger charge is -2.24. The lowest BCUT2D eigenvalue weighted by Crippen LogP contribution is -2.41. The van der Waals surface area contributed by atoms with Gasteiger partial charge in [-0.25, -0.2) is 12.8 Å². The van der Waals surface area contributed by atoms with E-state index in [0.717, 1.165) is 14.8 Å². The zero-order chi connectivity index (χ0) is 24.9. The number of nitrogens with zero attached hydrogens (tertiary/aromatic N) is 1. The molecule has 0 radical (unpaired) electrons. The molecule has 0 bridgehead atoms. The summed E-state index contributed by atoms with van der Waals surface area (Å²) in [6, 6.07) is 16.9. The summed E-state index contributed by atoms with van der Waals surface area (Å²) >= 11 is 13.6. The SMILES string of the molecule is CSc1ccc([C@H](C)NC(=O)CN(Cc2c(F)cccc2Cl)S(=O)(=O)c2ccc(Cl)cc2)cc1. The van der Waals surface area contributed by atoms with Gasteiger partial charge in [-0.05, 0) is 67.3 Å². The van der Waals surface area contributed by atoms with Crippen molar-refractivity contribution in [1.82, 2.24) is 9.62 Å². The van der Waals surface area contributed by atoms with E-state index in [1.54, 1.807) is 18.7 Å². The second kappa shape index (κ2) is 11.6. The number of nitrogens with one attached hydrogen (secondary N) is 1. The second-order valence-corrected chi connectivity index (χ2v) is 11.2. The Morgan fingerprint density at radius 2 is 1.71 bits per heavy atom. The fourth-order valence-electron chi connectivity index (χ4n) is 3.26. The highest BCUT2D eigenvalue weighted by atomic mass is 35.5. The molecule has 1 atom stereocenters. The van der Waals surface area contributed by atoms with Gasteiger partial charge in [0.05, 0.1) is 17.5 Å². The molecular formula is C24H23Cl2FN2O3S2. The molecule has 0 aliphatic rings. The molecule has 0 saturated heterocycles. The topological polar surface area (TPSA) is 66.5 Å². The van der Waals surface area contributed by atoms with Crippen molar-refractivity contribution in [3.63, 3.8) is 0 Å². The number of halogens is 3. The van der Waals surface area contributed by atoms with Crippen molar-refractivity contribution < 1.29 is 17.6 Å². The number of sulfonamides is 1. The van der Waals surface area contributed by atoms with Crippen molar-refractivity contribution in [3.05, 3.63) is 93.7 Å². The Morgan fingerprint density at radius 3 is 2.29 bits per heavy atom. The first-order valence-electron chi connectivity index (χ1n) is 10.2. The highest BCUT2D eigenvalue weighted by Crippen LogP contribution is 2.26. The van der Waals surface area contributed by atoms with Crippen LogP contribution in [0.1, 0.15) is 24.1 Å². The first kappa shape index (κ1) is 26.5. The maximum atomic E-state index is 14.5. The number of amides is 1. The van der Waals surface area contributed by atoms with Gasteiger partial charge in [0.2, 0.25) is 15.9 Å². The van der Waals surface area contributed by atoms with Crippen LogP contribution < -0.4 is 5.32 Å². The smallest absolute Gasteiger partial charge is 0.243 e. The normalized spacial score (nSPS) is 12.5. The fourth-order valence-corrected chi connectivity index (χ4v) is 5.39. The van der Waals surface area contributed by atoms with Gasteiger partial charge in [-0.3, -0.25) is 4.79 Å². The van der Waals surface area contributed by atoms with Crippen molar-refractivity contribution in [2.45, 2.75) is 29.3 Å². The van der Waals surface area contributed by atoms with E-state index in [2.05, 4.69) is 5.32 Å².